The summed E-state index contributed by atoms with van der Waals surface area (Å²) >= 11 is 12.0. The van der Waals surface area contributed by atoms with Crippen LogP contribution in [0.25, 0.3) is 0 Å². The lowest BCUT2D eigenvalue weighted by Crippen LogP contribution is -2.38. The Labute approximate surface area is 162 Å². The van der Waals surface area contributed by atoms with E-state index in [0.29, 0.717) is 15.6 Å². The molecular weight excluding hydrogens is 397 g/mol. The molecule has 2 atom stereocenters. The molecule has 0 saturated heterocycles. The third kappa shape index (κ3) is 5.35. The highest BCUT2D eigenvalue weighted by Gasteiger charge is 2.16. The van der Waals surface area contributed by atoms with E-state index < -0.39 is 22.1 Å². The molecule has 0 aromatic heterocycles. The Morgan fingerprint density at radius 3 is 2.31 bits per heavy atom. The Morgan fingerprint density at radius 1 is 1.04 bits per heavy atom. The Hall–Kier alpha value is -1.80. The Balaban J connectivity index is 2.05. The van der Waals surface area contributed by atoms with Gasteiger partial charge in [-0.2, -0.15) is 0 Å². The largest absolute Gasteiger partial charge is 0.332 e. The van der Waals surface area contributed by atoms with Crippen LogP contribution in [-0.4, -0.2) is 14.4 Å². The van der Waals surface area contributed by atoms with E-state index >= 15 is 0 Å². The molecule has 0 aliphatic carbocycles. The van der Waals surface area contributed by atoms with Crippen molar-refractivity contribution in [2.75, 3.05) is 0 Å². The topological polar surface area (TPSA) is 101 Å². The van der Waals surface area contributed by atoms with Crippen LogP contribution in [0.1, 0.15) is 37.1 Å². The summed E-state index contributed by atoms with van der Waals surface area (Å²) in [5.41, 5.74) is 1.35. The summed E-state index contributed by atoms with van der Waals surface area (Å²) < 4.78 is 22.9. The number of nitrogens with two attached hydrogens (primary N) is 1. The molecule has 2 unspecified atom stereocenters. The molecule has 0 spiro atoms. The van der Waals surface area contributed by atoms with Gasteiger partial charge in [-0.05, 0) is 49.2 Å². The van der Waals surface area contributed by atoms with Crippen LogP contribution in [0.3, 0.4) is 0 Å². The molecule has 2 rings (SSSR count). The van der Waals surface area contributed by atoms with E-state index in [1.54, 1.807) is 44.2 Å². The Kier molecular flexibility index (Phi) is 6.52. The maximum absolute atomic E-state index is 12.2. The summed E-state index contributed by atoms with van der Waals surface area (Å²) in [7, 11) is -3.80. The van der Waals surface area contributed by atoms with Crippen molar-refractivity contribution in [2.24, 2.45) is 5.14 Å². The molecule has 0 radical (unpaired) electrons. The van der Waals surface area contributed by atoms with Crippen LogP contribution in [0.5, 0.6) is 0 Å². The van der Waals surface area contributed by atoms with Crippen LogP contribution in [-0.2, 0) is 10.0 Å². The van der Waals surface area contributed by atoms with Crippen molar-refractivity contribution < 1.29 is 13.2 Å². The molecule has 2 amide bonds. The molecule has 140 valence electrons. The zero-order valence-electron chi connectivity index (χ0n) is 14.2. The fourth-order valence-electron chi connectivity index (χ4n) is 2.41. The van der Waals surface area contributed by atoms with Crippen molar-refractivity contribution in [2.45, 2.75) is 30.8 Å². The molecule has 26 heavy (non-hydrogen) atoms. The van der Waals surface area contributed by atoms with Crippen LogP contribution in [0.2, 0.25) is 10.0 Å². The van der Waals surface area contributed by atoms with Gasteiger partial charge < -0.3 is 10.6 Å². The number of halogens is 2. The van der Waals surface area contributed by atoms with Gasteiger partial charge in [-0.1, -0.05) is 41.4 Å². The molecule has 2 aromatic carbocycles. The first-order chi connectivity index (χ1) is 12.1. The average molecular weight is 416 g/mol. The molecule has 6 nitrogen and oxygen atoms in total. The number of nitrogens with one attached hydrogen (secondary N) is 2. The molecule has 0 fully saturated rings. The summed E-state index contributed by atoms with van der Waals surface area (Å²) in [5.74, 6) is 0. The second-order valence-electron chi connectivity index (χ2n) is 5.84. The fourth-order valence-corrected chi connectivity index (χ4v) is 3.55. The molecule has 0 heterocycles. The van der Waals surface area contributed by atoms with Crippen molar-refractivity contribution in [1.29, 1.82) is 0 Å². The van der Waals surface area contributed by atoms with Crippen LogP contribution in [0.4, 0.5) is 4.79 Å². The van der Waals surface area contributed by atoms with Crippen LogP contribution in [0, 0.1) is 0 Å². The van der Waals surface area contributed by atoms with Gasteiger partial charge in [-0.25, -0.2) is 18.4 Å². The van der Waals surface area contributed by atoms with E-state index in [1.165, 1.54) is 12.1 Å². The minimum Gasteiger partial charge on any atom is -0.332 e. The molecule has 4 N–H and O–H groups in total. The van der Waals surface area contributed by atoms with Crippen LogP contribution >= 0.6 is 23.2 Å². The monoisotopic (exact) mass is 415 g/mol. The SMILES string of the molecule is CC(NC(=O)NC(C)c1ccc(Cl)cc1Cl)c1cccc(S(N)(=O)=O)c1. The number of carbonyl (C=O) groups is 1. The van der Waals surface area contributed by atoms with Crippen molar-refractivity contribution in [3.63, 3.8) is 0 Å². The predicted molar refractivity (Wildman–Crippen MR) is 103 cm³/mol. The Morgan fingerprint density at radius 2 is 1.69 bits per heavy atom. The summed E-state index contributed by atoms with van der Waals surface area (Å²) in [5, 5.41) is 11.6. The van der Waals surface area contributed by atoms with E-state index in [0.717, 1.165) is 5.56 Å². The number of primary sulfonamides is 1. The van der Waals surface area contributed by atoms with Gasteiger partial charge in [0.05, 0.1) is 17.0 Å². The smallest absolute Gasteiger partial charge is 0.315 e. The van der Waals surface area contributed by atoms with Gasteiger partial charge in [-0.3, -0.25) is 0 Å². The predicted octanol–water partition coefficient (Wildman–Crippen LogP) is 3.76. The fraction of sp³-hybridized carbons (Fsp3) is 0.235. The van der Waals surface area contributed by atoms with E-state index in [2.05, 4.69) is 10.6 Å². The highest BCUT2D eigenvalue weighted by molar-refractivity contribution is 7.89. The van der Waals surface area contributed by atoms with E-state index in [9.17, 15) is 13.2 Å². The molecule has 0 saturated carbocycles. The molecule has 9 heteroatoms. The number of carbonyl (C=O) groups excluding carboxylic acids is 1. The number of hydrogen-bond acceptors (Lipinski definition) is 3. The van der Waals surface area contributed by atoms with E-state index in [4.69, 9.17) is 28.3 Å². The highest BCUT2D eigenvalue weighted by atomic mass is 35.5. The lowest BCUT2D eigenvalue weighted by Gasteiger charge is -2.20. The van der Waals surface area contributed by atoms with Gasteiger partial charge in [0, 0.05) is 10.0 Å². The van der Waals surface area contributed by atoms with Gasteiger partial charge in [0.25, 0.3) is 0 Å². The molecule has 0 aliphatic heterocycles. The quantitative estimate of drug-likeness (QED) is 0.692. The summed E-state index contributed by atoms with van der Waals surface area (Å²) in [6.45, 7) is 3.53. The average Bonchev–Trinajstić information content (AvgIpc) is 2.53. The zero-order valence-corrected chi connectivity index (χ0v) is 16.5. The Bertz CT molecular complexity index is 919. The normalized spacial score (nSPS) is 13.7. The van der Waals surface area contributed by atoms with Crippen LogP contribution < -0.4 is 15.8 Å². The van der Waals surface area contributed by atoms with Crippen molar-refractivity contribution in [3.8, 4) is 0 Å². The molecule has 0 aliphatic rings. The van der Waals surface area contributed by atoms with E-state index in [1.807, 2.05) is 0 Å². The van der Waals surface area contributed by atoms with Gasteiger partial charge >= 0.3 is 6.03 Å². The number of benzene rings is 2. The van der Waals surface area contributed by atoms with Crippen molar-refractivity contribution in [1.82, 2.24) is 10.6 Å². The summed E-state index contributed by atoms with van der Waals surface area (Å²) in [6.07, 6.45) is 0. The first-order valence-electron chi connectivity index (χ1n) is 7.72. The van der Waals surface area contributed by atoms with Crippen molar-refractivity contribution >= 4 is 39.3 Å². The molecule has 2 aromatic rings. The van der Waals surface area contributed by atoms with Crippen molar-refractivity contribution in [3.05, 3.63) is 63.6 Å². The lowest BCUT2D eigenvalue weighted by molar-refractivity contribution is 0.235. The second kappa shape index (κ2) is 8.26. The third-order valence-corrected chi connectivity index (χ3v) is 5.28. The first kappa shape index (κ1) is 20.5. The second-order valence-corrected chi connectivity index (χ2v) is 8.25. The lowest BCUT2D eigenvalue weighted by atomic mass is 10.1. The number of rotatable bonds is 5. The highest BCUT2D eigenvalue weighted by Crippen LogP contribution is 2.26. The summed E-state index contributed by atoms with van der Waals surface area (Å²) in [6, 6.07) is 9.96. The first-order valence-corrected chi connectivity index (χ1v) is 10.0. The minimum atomic E-state index is -3.80. The van der Waals surface area contributed by atoms with E-state index in [-0.39, 0.29) is 10.9 Å². The molecular formula is C17H19Cl2N3O3S. The number of sulfonamides is 1. The number of hydrogen-bond donors (Lipinski definition) is 3. The maximum Gasteiger partial charge on any atom is 0.315 e. The van der Waals surface area contributed by atoms with Gasteiger partial charge in [0.1, 0.15) is 0 Å². The number of urea groups is 1. The number of amides is 2. The maximum atomic E-state index is 12.2. The third-order valence-electron chi connectivity index (χ3n) is 3.81. The van der Waals surface area contributed by atoms with Gasteiger partial charge in [-0.15, -0.1) is 0 Å². The molecule has 0 bridgehead atoms. The van der Waals surface area contributed by atoms with Gasteiger partial charge in [0.2, 0.25) is 10.0 Å². The van der Waals surface area contributed by atoms with Gasteiger partial charge in [0.15, 0.2) is 0 Å². The zero-order chi connectivity index (χ0) is 19.5. The standard InChI is InChI=1S/C17H19Cl2N3O3S/c1-10(12-4-3-5-14(8-12)26(20,24)25)21-17(23)22-11(2)15-7-6-13(18)9-16(15)19/h3-11H,1-2H3,(H2,20,24,25)(H2,21,22,23). The minimum absolute atomic E-state index is 0.00891. The van der Waals surface area contributed by atoms with Crippen LogP contribution in [0.15, 0.2) is 47.4 Å². The summed E-state index contributed by atoms with van der Waals surface area (Å²) in [4.78, 5) is 12.2.